The predicted octanol–water partition coefficient (Wildman–Crippen LogP) is 6.20. The molecule has 3 heterocycles. The number of allylic oxidation sites excluding steroid dienone is 1. The molecule has 50 heavy (non-hydrogen) atoms. The average molecular weight is 727 g/mol. The molecule has 1 aliphatic carbocycles. The van der Waals surface area contributed by atoms with Crippen LogP contribution in [0.2, 0.25) is 5.02 Å². The number of piperazine rings is 1. The summed E-state index contributed by atoms with van der Waals surface area (Å²) in [6.07, 6.45) is 9.88. The maximum atomic E-state index is 13.6. The van der Waals surface area contributed by atoms with E-state index in [1.165, 1.54) is 5.56 Å². The zero-order chi connectivity index (χ0) is 35.6. The molecule has 3 aliphatic heterocycles. The summed E-state index contributed by atoms with van der Waals surface area (Å²) in [4.78, 5) is 18.5. The Morgan fingerprint density at radius 3 is 2.50 bits per heavy atom. The third-order valence-electron chi connectivity index (χ3n) is 11.7. The minimum Gasteiger partial charge on any atom is -0.487 e. The van der Waals surface area contributed by atoms with Crippen LogP contribution in [-0.2, 0) is 27.8 Å². The number of nitrogens with zero attached hydrogens (tertiary/aromatic N) is 2. The van der Waals surface area contributed by atoms with Gasteiger partial charge in [-0.1, -0.05) is 36.7 Å². The highest BCUT2D eigenvalue weighted by Crippen LogP contribution is 2.47. The van der Waals surface area contributed by atoms with Crippen molar-refractivity contribution in [2.75, 3.05) is 44.7 Å². The number of fused-ring (bicyclic) bond motifs is 3. The molecule has 2 bridgehead atoms. The van der Waals surface area contributed by atoms with Crippen molar-refractivity contribution in [2.45, 2.75) is 95.8 Å². The molecule has 4 aliphatic rings. The molecule has 11 heteroatoms. The number of hydrogen-bond acceptors (Lipinski definition) is 8. The molecule has 1 amide bonds. The number of benzene rings is 2. The Bertz CT molecular complexity index is 1660. The van der Waals surface area contributed by atoms with Gasteiger partial charge in [-0.25, -0.2) is 13.1 Å². The second-order valence-corrected chi connectivity index (χ2v) is 17.8. The quantitative estimate of drug-likeness (QED) is 0.361. The standard InChI is InChI=1S/C39H55ClN4O5S/c1-26-9-8-17-39(48-5,25-43-21-27(2)41-28(3)22-43)35-15-12-32(35)23-44-18-7-6-10-30-19-34(40)14-11-33(30)24-49-37-16-13-31(20-36(37)44)38(45)42-50(46,47)29(26)4/h8,11,13-14,16-17,19-20,26-29,32,35,41H,6-7,9-10,12,15,18,21-25H2,1-5H3,(H,42,45)/b17-8+/t26-,27-,28+,29+,32-,35+,39-/m0/s1. The summed E-state index contributed by atoms with van der Waals surface area (Å²) in [5.74, 6) is 0.461. The first-order valence-corrected chi connectivity index (χ1v) is 20.4. The van der Waals surface area contributed by atoms with Gasteiger partial charge in [0.1, 0.15) is 18.0 Å². The molecule has 0 spiro atoms. The normalized spacial score (nSPS) is 33.0. The van der Waals surface area contributed by atoms with E-state index in [0.29, 0.717) is 42.3 Å². The number of carbonyl (C=O) groups excluding carboxylic acids is 1. The van der Waals surface area contributed by atoms with Gasteiger partial charge < -0.3 is 19.7 Å². The third-order valence-corrected chi connectivity index (χ3v) is 13.8. The van der Waals surface area contributed by atoms with Gasteiger partial charge in [-0.3, -0.25) is 9.69 Å². The summed E-state index contributed by atoms with van der Waals surface area (Å²) < 4.78 is 42.6. The van der Waals surface area contributed by atoms with Crippen LogP contribution in [0.1, 0.15) is 81.3 Å². The summed E-state index contributed by atoms with van der Waals surface area (Å²) in [5, 5.41) is 3.60. The molecule has 2 N–H and O–H groups in total. The van der Waals surface area contributed by atoms with Crippen LogP contribution >= 0.6 is 11.6 Å². The molecule has 0 radical (unpaired) electrons. The molecule has 0 aromatic heterocycles. The van der Waals surface area contributed by atoms with Crippen molar-refractivity contribution in [1.29, 1.82) is 0 Å². The van der Waals surface area contributed by atoms with E-state index in [4.69, 9.17) is 21.1 Å². The minimum atomic E-state index is -3.95. The predicted molar refractivity (Wildman–Crippen MR) is 201 cm³/mol. The van der Waals surface area contributed by atoms with Crippen LogP contribution in [0.3, 0.4) is 0 Å². The van der Waals surface area contributed by atoms with E-state index < -0.39 is 26.8 Å². The molecule has 1 saturated carbocycles. The molecule has 9 nitrogen and oxygen atoms in total. The van der Waals surface area contributed by atoms with Gasteiger partial charge in [0, 0.05) is 62.5 Å². The second-order valence-electron chi connectivity index (χ2n) is 15.3. The van der Waals surface area contributed by atoms with Crippen molar-refractivity contribution in [2.24, 2.45) is 17.8 Å². The highest BCUT2D eigenvalue weighted by Gasteiger charge is 2.48. The van der Waals surface area contributed by atoms with Crippen molar-refractivity contribution < 1.29 is 22.7 Å². The number of nitrogens with one attached hydrogen (secondary N) is 2. The Morgan fingerprint density at radius 1 is 1.00 bits per heavy atom. The highest BCUT2D eigenvalue weighted by atomic mass is 35.5. The summed E-state index contributed by atoms with van der Waals surface area (Å²) >= 11 is 6.39. The van der Waals surface area contributed by atoms with Crippen LogP contribution in [0.15, 0.2) is 48.6 Å². The monoisotopic (exact) mass is 726 g/mol. The first kappa shape index (κ1) is 37.1. The topological polar surface area (TPSA) is 100 Å². The molecule has 6 rings (SSSR count). The van der Waals surface area contributed by atoms with Gasteiger partial charge in [0.05, 0.1) is 10.9 Å². The van der Waals surface area contributed by atoms with Crippen molar-refractivity contribution >= 4 is 33.2 Å². The smallest absolute Gasteiger partial charge is 0.264 e. The summed E-state index contributed by atoms with van der Waals surface area (Å²) in [7, 11) is -2.11. The average Bonchev–Trinajstić information content (AvgIpc) is 3.08. The lowest BCUT2D eigenvalue weighted by Gasteiger charge is -2.52. The van der Waals surface area contributed by atoms with E-state index in [9.17, 15) is 13.2 Å². The number of anilines is 1. The molecule has 0 unspecified atom stereocenters. The van der Waals surface area contributed by atoms with Gasteiger partial charge in [-0.05, 0) is 119 Å². The van der Waals surface area contributed by atoms with Gasteiger partial charge in [0.15, 0.2) is 0 Å². The lowest BCUT2D eigenvalue weighted by molar-refractivity contribution is -0.0950. The Hall–Kier alpha value is -2.63. The Labute approximate surface area is 304 Å². The summed E-state index contributed by atoms with van der Waals surface area (Å²) in [6, 6.07) is 12.0. The van der Waals surface area contributed by atoms with E-state index in [-0.39, 0.29) is 11.8 Å². The van der Waals surface area contributed by atoms with Gasteiger partial charge in [-0.15, -0.1) is 0 Å². The van der Waals surface area contributed by atoms with Crippen molar-refractivity contribution in [3.63, 3.8) is 0 Å². The molecule has 2 aromatic carbocycles. The van der Waals surface area contributed by atoms with Crippen LogP contribution in [0.5, 0.6) is 5.75 Å². The fraction of sp³-hybridized carbons (Fsp3) is 0.615. The van der Waals surface area contributed by atoms with Crippen LogP contribution in [-0.4, -0.2) is 82.0 Å². The number of amides is 1. The van der Waals surface area contributed by atoms with E-state index >= 15 is 0 Å². The van der Waals surface area contributed by atoms with E-state index in [0.717, 1.165) is 81.1 Å². The first-order chi connectivity index (χ1) is 23.9. The second kappa shape index (κ2) is 15.5. The van der Waals surface area contributed by atoms with Gasteiger partial charge in [0.2, 0.25) is 10.0 Å². The van der Waals surface area contributed by atoms with E-state index in [1.807, 2.05) is 44.4 Å². The fourth-order valence-corrected chi connectivity index (χ4v) is 10.0. The zero-order valence-corrected chi connectivity index (χ0v) is 31.9. The molecule has 7 atom stereocenters. The van der Waals surface area contributed by atoms with E-state index in [1.54, 1.807) is 13.0 Å². The third kappa shape index (κ3) is 8.20. The number of halogens is 1. The van der Waals surface area contributed by atoms with Crippen LogP contribution in [0.25, 0.3) is 0 Å². The number of carbonyl (C=O) groups is 1. The van der Waals surface area contributed by atoms with Crippen molar-refractivity contribution in [1.82, 2.24) is 14.9 Å². The minimum absolute atomic E-state index is 0.218. The van der Waals surface area contributed by atoms with Crippen LogP contribution in [0.4, 0.5) is 5.69 Å². The largest absolute Gasteiger partial charge is 0.487 e. The molecular weight excluding hydrogens is 672 g/mol. The Morgan fingerprint density at radius 2 is 1.78 bits per heavy atom. The number of hydrogen-bond donors (Lipinski definition) is 2. The molecular formula is C39H55ClN4O5S. The van der Waals surface area contributed by atoms with Crippen molar-refractivity contribution in [3.05, 3.63) is 70.3 Å². The molecule has 1 saturated heterocycles. The summed E-state index contributed by atoms with van der Waals surface area (Å²) in [5.41, 5.74) is 2.87. The SMILES string of the molecule is CO[C@]1(CN2C[C@@H](C)N[C@@H](C)C2)/C=C/C[C@H](C)[C@@H](C)S(=O)(=O)NC(=O)c2ccc3c(c2)N(CCCCc2cc(Cl)ccc2CO3)C[C@@H]2CC[C@H]21. The van der Waals surface area contributed by atoms with Gasteiger partial charge >= 0.3 is 0 Å². The lowest BCUT2D eigenvalue weighted by atomic mass is 9.63. The van der Waals surface area contributed by atoms with E-state index in [2.05, 4.69) is 45.8 Å². The maximum Gasteiger partial charge on any atom is 0.264 e. The molecule has 274 valence electrons. The van der Waals surface area contributed by atoms with Crippen LogP contribution < -0.4 is 19.7 Å². The van der Waals surface area contributed by atoms with Gasteiger partial charge in [0.25, 0.3) is 5.91 Å². The number of aryl methyl sites for hydroxylation is 1. The Kier molecular flexibility index (Phi) is 11.5. The summed E-state index contributed by atoms with van der Waals surface area (Å²) in [6.45, 7) is 12.7. The zero-order valence-electron chi connectivity index (χ0n) is 30.3. The number of rotatable bonds is 3. The maximum absolute atomic E-state index is 13.6. The number of methoxy groups -OCH3 is 1. The lowest BCUT2D eigenvalue weighted by Crippen LogP contribution is -2.61. The molecule has 2 aromatic rings. The fourth-order valence-electron chi connectivity index (χ4n) is 8.55. The van der Waals surface area contributed by atoms with Crippen molar-refractivity contribution in [3.8, 4) is 5.75 Å². The first-order valence-electron chi connectivity index (χ1n) is 18.4. The molecule has 2 fully saturated rings. The number of ether oxygens (including phenoxy) is 2. The van der Waals surface area contributed by atoms with Crippen LogP contribution in [0, 0.1) is 17.8 Å². The van der Waals surface area contributed by atoms with Gasteiger partial charge in [-0.2, -0.15) is 0 Å². The Balaban J connectivity index is 1.40. The number of sulfonamides is 1. The highest BCUT2D eigenvalue weighted by molar-refractivity contribution is 7.90.